The zero-order valence-electron chi connectivity index (χ0n) is 10.2. The summed E-state index contributed by atoms with van der Waals surface area (Å²) in [6.45, 7) is 0. The molecule has 3 nitrogen and oxygen atoms in total. The van der Waals surface area contributed by atoms with E-state index in [-0.39, 0.29) is 12.2 Å². The second-order valence-electron chi connectivity index (χ2n) is 3.92. The Labute approximate surface area is 124 Å². The van der Waals surface area contributed by atoms with Gasteiger partial charge >= 0.3 is 0 Å². The highest BCUT2D eigenvalue weighted by Crippen LogP contribution is 2.24. The molecule has 0 aliphatic heterocycles. The van der Waals surface area contributed by atoms with Crippen molar-refractivity contribution in [3.63, 3.8) is 0 Å². The number of rotatable bonds is 4. The zero-order valence-corrected chi connectivity index (χ0v) is 12.5. The molecule has 0 saturated heterocycles. The average molecular weight is 341 g/mol. The topological polar surface area (TPSA) is 39.2 Å². The summed E-state index contributed by atoms with van der Waals surface area (Å²) < 4.78 is 6.03. The van der Waals surface area contributed by atoms with E-state index in [1.54, 1.807) is 19.2 Å². The number of hydrogen-bond donors (Lipinski definition) is 0. The lowest BCUT2D eigenvalue weighted by Gasteiger charge is -2.07. The van der Waals surface area contributed by atoms with Gasteiger partial charge in [-0.25, -0.2) is 4.98 Å². The van der Waals surface area contributed by atoms with Crippen molar-refractivity contribution in [3.05, 3.63) is 57.3 Å². The van der Waals surface area contributed by atoms with Crippen molar-refractivity contribution in [2.75, 3.05) is 7.11 Å². The lowest BCUT2D eigenvalue weighted by molar-refractivity contribution is 0.0992. The van der Waals surface area contributed by atoms with Crippen molar-refractivity contribution in [3.8, 4) is 5.75 Å². The molecule has 1 aromatic carbocycles. The van der Waals surface area contributed by atoms with Crippen molar-refractivity contribution in [2.24, 2.45) is 0 Å². The van der Waals surface area contributed by atoms with Gasteiger partial charge in [-0.15, -0.1) is 0 Å². The lowest BCUT2D eigenvalue weighted by atomic mass is 10.0. The van der Waals surface area contributed by atoms with Crippen molar-refractivity contribution < 1.29 is 9.53 Å². The van der Waals surface area contributed by atoms with Crippen molar-refractivity contribution in [1.29, 1.82) is 0 Å². The van der Waals surface area contributed by atoms with Gasteiger partial charge in [-0.1, -0.05) is 27.5 Å². The first kappa shape index (κ1) is 14.0. The van der Waals surface area contributed by atoms with E-state index in [1.165, 1.54) is 6.20 Å². The fourth-order valence-corrected chi connectivity index (χ4v) is 2.23. The SMILES string of the molecule is COc1ccc(Br)c(CC(=O)c2ccnc(Cl)c2)c1. The third kappa shape index (κ3) is 3.55. The van der Waals surface area contributed by atoms with Gasteiger partial charge in [0.1, 0.15) is 10.9 Å². The molecule has 0 aliphatic rings. The fourth-order valence-electron chi connectivity index (χ4n) is 1.66. The number of ether oxygens (including phenoxy) is 1. The van der Waals surface area contributed by atoms with Gasteiger partial charge in [0.15, 0.2) is 5.78 Å². The first-order valence-corrected chi connectivity index (χ1v) is 6.74. The van der Waals surface area contributed by atoms with Crippen LogP contribution >= 0.6 is 27.5 Å². The second kappa shape index (κ2) is 6.17. The summed E-state index contributed by atoms with van der Waals surface area (Å²) in [5, 5.41) is 0.315. The van der Waals surface area contributed by atoms with E-state index in [0.717, 1.165) is 15.8 Å². The summed E-state index contributed by atoms with van der Waals surface area (Å²) in [6, 6.07) is 8.76. The average Bonchev–Trinajstić information content (AvgIpc) is 2.41. The minimum atomic E-state index is -0.0155. The molecule has 0 saturated carbocycles. The second-order valence-corrected chi connectivity index (χ2v) is 5.17. The quantitative estimate of drug-likeness (QED) is 0.625. The Morgan fingerprint density at radius 1 is 1.37 bits per heavy atom. The van der Waals surface area contributed by atoms with Gasteiger partial charge in [-0.05, 0) is 35.9 Å². The largest absolute Gasteiger partial charge is 0.497 e. The third-order valence-corrected chi connectivity index (χ3v) is 3.63. The predicted molar refractivity (Wildman–Crippen MR) is 78.0 cm³/mol. The molecule has 0 amide bonds. The predicted octanol–water partition coefficient (Wildman–Crippen LogP) is 3.93. The maximum atomic E-state index is 12.2. The molecule has 2 aromatic rings. The van der Waals surface area contributed by atoms with Crippen LogP contribution in [0.15, 0.2) is 41.0 Å². The van der Waals surface area contributed by atoms with Crippen molar-refractivity contribution in [1.82, 2.24) is 4.98 Å². The van der Waals surface area contributed by atoms with Crippen LogP contribution in [0.3, 0.4) is 0 Å². The highest BCUT2D eigenvalue weighted by Gasteiger charge is 2.11. The Hall–Kier alpha value is -1.39. The first-order chi connectivity index (χ1) is 9.10. The van der Waals surface area contributed by atoms with E-state index in [4.69, 9.17) is 16.3 Å². The third-order valence-electron chi connectivity index (χ3n) is 2.65. The number of carbonyl (C=O) groups excluding carboxylic acids is 1. The van der Waals surface area contributed by atoms with E-state index >= 15 is 0 Å². The van der Waals surface area contributed by atoms with Crippen LogP contribution in [0.2, 0.25) is 5.15 Å². The van der Waals surface area contributed by atoms with E-state index < -0.39 is 0 Å². The van der Waals surface area contributed by atoms with Gasteiger partial charge in [0.05, 0.1) is 7.11 Å². The molecular formula is C14H11BrClNO2. The maximum Gasteiger partial charge on any atom is 0.167 e. The number of benzene rings is 1. The van der Waals surface area contributed by atoms with Crippen LogP contribution in [0.4, 0.5) is 0 Å². The van der Waals surface area contributed by atoms with Gasteiger partial charge in [-0.2, -0.15) is 0 Å². The Morgan fingerprint density at radius 2 is 2.16 bits per heavy atom. The molecule has 0 aliphatic carbocycles. The van der Waals surface area contributed by atoms with Crippen LogP contribution < -0.4 is 4.74 Å². The fraction of sp³-hybridized carbons (Fsp3) is 0.143. The summed E-state index contributed by atoms with van der Waals surface area (Å²) in [4.78, 5) is 16.0. The van der Waals surface area contributed by atoms with Crippen LogP contribution in [-0.2, 0) is 6.42 Å². The van der Waals surface area contributed by atoms with Crippen LogP contribution in [0.1, 0.15) is 15.9 Å². The van der Waals surface area contributed by atoms with Gasteiger partial charge < -0.3 is 4.74 Å². The molecule has 1 aromatic heterocycles. The minimum Gasteiger partial charge on any atom is -0.497 e. The monoisotopic (exact) mass is 339 g/mol. The number of aromatic nitrogens is 1. The summed E-state index contributed by atoms with van der Waals surface area (Å²) in [5.41, 5.74) is 1.42. The lowest BCUT2D eigenvalue weighted by Crippen LogP contribution is -2.04. The van der Waals surface area contributed by atoms with Gasteiger partial charge in [0.25, 0.3) is 0 Å². The van der Waals surface area contributed by atoms with Crippen molar-refractivity contribution >= 4 is 33.3 Å². The molecule has 0 bridgehead atoms. The van der Waals surface area contributed by atoms with Crippen molar-refractivity contribution in [2.45, 2.75) is 6.42 Å². The molecular weight excluding hydrogens is 330 g/mol. The molecule has 0 atom stereocenters. The van der Waals surface area contributed by atoms with Gasteiger partial charge in [-0.3, -0.25) is 4.79 Å². The van der Waals surface area contributed by atoms with E-state index in [1.807, 2.05) is 18.2 Å². The molecule has 0 radical (unpaired) electrons. The Balaban J connectivity index is 2.23. The van der Waals surface area contributed by atoms with Gasteiger partial charge in [0, 0.05) is 22.7 Å². The molecule has 19 heavy (non-hydrogen) atoms. The number of hydrogen-bond acceptors (Lipinski definition) is 3. The zero-order chi connectivity index (χ0) is 13.8. The van der Waals surface area contributed by atoms with Crippen LogP contribution in [-0.4, -0.2) is 17.9 Å². The Morgan fingerprint density at radius 3 is 2.84 bits per heavy atom. The smallest absolute Gasteiger partial charge is 0.167 e. The Bertz CT molecular complexity index is 616. The molecule has 5 heteroatoms. The van der Waals surface area contributed by atoms with Gasteiger partial charge in [0.2, 0.25) is 0 Å². The summed E-state index contributed by atoms with van der Waals surface area (Å²) in [6.07, 6.45) is 1.80. The standard InChI is InChI=1S/C14H11BrClNO2/c1-19-11-2-3-12(15)10(6-11)7-13(18)9-4-5-17-14(16)8-9/h2-6,8H,7H2,1H3. The first-order valence-electron chi connectivity index (χ1n) is 5.57. The summed E-state index contributed by atoms with van der Waals surface area (Å²) >= 11 is 9.21. The maximum absolute atomic E-state index is 12.2. The van der Waals surface area contributed by atoms with E-state index in [0.29, 0.717) is 10.7 Å². The summed E-state index contributed by atoms with van der Waals surface area (Å²) in [5.74, 6) is 0.706. The molecule has 0 spiro atoms. The van der Waals surface area contributed by atoms with Crippen LogP contribution in [0.5, 0.6) is 5.75 Å². The highest BCUT2D eigenvalue weighted by molar-refractivity contribution is 9.10. The number of nitrogens with zero attached hydrogens (tertiary/aromatic N) is 1. The molecule has 0 unspecified atom stereocenters. The van der Waals surface area contributed by atoms with E-state index in [2.05, 4.69) is 20.9 Å². The Kier molecular flexibility index (Phi) is 4.56. The summed E-state index contributed by atoms with van der Waals surface area (Å²) in [7, 11) is 1.59. The molecule has 1 heterocycles. The number of carbonyl (C=O) groups is 1. The van der Waals surface area contributed by atoms with Crippen LogP contribution in [0, 0.1) is 0 Å². The number of ketones is 1. The minimum absolute atomic E-state index is 0.0155. The van der Waals surface area contributed by atoms with E-state index in [9.17, 15) is 4.79 Å². The molecule has 2 rings (SSSR count). The number of Topliss-reactive ketones (excluding diaryl/α,β-unsaturated/α-hetero) is 1. The normalized spacial score (nSPS) is 10.3. The molecule has 0 N–H and O–H groups in total. The van der Waals surface area contributed by atoms with Crippen LogP contribution in [0.25, 0.3) is 0 Å². The molecule has 0 fully saturated rings. The number of halogens is 2. The number of pyridine rings is 1. The molecule has 98 valence electrons. The number of methoxy groups -OCH3 is 1. The highest BCUT2D eigenvalue weighted by atomic mass is 79.9.